The fraction of sp³-hybridized carbons (Fsp3) is 0.167. The molecular formula is C18H17N3O4S. The number of esters is 1. The zero-order valence-corrected chi connectivity index (χ0v) is 15.1. The summed E-state index contributed by atoms with van der Waals surface area (Å²) in [7, 11) is 3.17. The van der Waals surface area contributed by atoms with Crippen molar-refractivity contribution in [2.24, 2.45) is 0 Å². The van der Waals surface area contributed by atoms with E-state index in [4.69, 9.17) is 19.9 Å². The Balaban J connectivity index is 1.70. The number of methoxy groups -OCH3 is 2. The number of thiazole rings is 1. The molecule has 3 aromatic rings. The number of aromatic nitrogens is 2. The maximum absolute atomic E-state index is 12.1. The predicted octanol–water partition coefficient (Wildman–Crippen LogP) is 3.16. The van der Waals surface area contributed by atoms with E-state index in [0.29, 0.717) is 17.2 Å². The van der Waals surface area contributed by atoms with Gasteiger partial charge in [-0.2, -0.15) is 0 Å². The van der Waals surface area contributed by atoms with Crippen LogP contribution in [0, 0.1) is 0 Å². The molecule has 0 saturated heterocycles. The normalized spacial score (nSPS) is 10.4. The van der Waals surface area contributed by atoms with Crippen LogP contribution in [0.3, 0.4) is 0 Å². The third kappa shape index (κ3) is 3.75. The van der Waals surface area contributed by atoms with Crippen LogP contribution >= 0.6 is 11.3 Å². The Hall–Kier alpha value is -3.13. The summed E-state index contributed by atoms with van der Waals surface area (Å²) in [6, 6.07) is 8.77. The highest BCUT2D eigenvalue weighted by Crippen LogP contribution is 2.33. The minimum atomic E-state index is -0.531. The molecule has 26 heavy (non-hydrogen) atoms. The van der Waals surface area contributed by atoms with Crippen molar-refractivity contribution < 1.29 is 19.0 Å². The van der Waals surface area contributed by atoms with E-state index in [1.807, 2.05) is 23.6 Å². The number of carbonyl (C=O) groups is 1. The van der Waals surface area contributed by atoms with Gasteiger partial charge in [-0.1, -0.05) is 0 Å². The zero-order chi connectivity index (χ0) is 18.5. The van der Waals surface area contributed by atoms with Gasteiger partial charge in [0.1, 0.15) is 23.0 Å². The molecule has 134 valence electrons. The second kappa shape index (κ2) is 7.83. The smallest absolute Gasteiger partial charge is 0.342 e. The maximum Gasteiger partial charge on any atom is 0.342 e. The van der Waals surface area contributed by atoms with Crippen LogP contribution in [-0.2, 0) is 11.3 Å². The zero-order valence-electron chi connectivity index (χ0n) is 14.3. The molecule has 0 unspecified atom stereocenters. The van der Waals surface area contributed by atoms with E-state index < -0.39 is 5.97 Å². The first-order valence-corrected chi connectivity index (χ1v) is 8.54. The summed E-state index contributed by atoms with van der Waals surface area (Å²) in [6.07, 6.45) is 1.52. The van der Waals surface area contributed by atoms with Gasteiger partial charge in [0.05, 0.1) is 19.9 Å². The number of rotatable bonds is 6. The molecule has 0 fully saturated rings. The van der Waals surface area contributed by atoms with Gasteiger partial charge in [-0.3, -0.25) is 0 Å². The Morgan fingerprint density at radius 3 is 2.73 bits per heavy atom. The number of anilines is 1. The number of nitrogens with two attached hydrogens (primary N) is 1. The third-order valence-electron chi connectivity index (χ3n) is 3.59. The first-order valence-electron chi connectivity index (χ1n) is 7.66. The van der Waals surface area contributed by atoms with E-state index in [0.717, 1.165) is 10.6 Å². The van der Waals surface area contributed by atoms with Crippen molar-refractivity contribution >= 4 is 23.1 Å². The molecule has 0 aliphatic carbocycles. The first kappa shape index (κ1) is 17.7. The quantitative estimate of drug-likeness (QED) is 0.665. The van der Waals surface area contributed by atoms with Gasteiger partial charge in [0.25, 0.3) is 0 Å². The Bertz CT molecular complexity index is 926. The summed E-state index contributed by atoms with van der Waals surface area (Å²) >= 11 is 1.45. The van der Waals surface area contributed by atoms with E-state index in [-0.39, 0.29) is 18.0 Å². The lowest BCUT2D eigenvalue weighted by atomic mass is 10.2. The molecule has 0 atom stereocenters. The Morgan fingerprint density at radius 2 is 2.00 bits per heavy atom. The standard InChI is InChI=1S/C18H17N3O4S/c1-23-14-6-5-11(8-15(14)24-2)17-21-12(10-26-17)9-25-18(22)13-4-3-7-20-16(13)19/h3-8,10H,9H2,1-2H3,(H2,19,20). The number of hydrogen-bond donors (Lipinski definition) is 1. The van der Waals surface area contributed by atoms with Crippen LogP contribution in [-0.4, -0.2) is 30.2 Å². The molecule has 0 spiro atoms. The molecule has 0 aliphatic heterocycles. The lowest BCUT2D eigenvalue weighted by Crippen LogP contribution is -2.09. The third-order valence-corrected chi connectivity index (χ3v) is 4.53. The van der Waals surface area contributed by atoms with Crippen molar-refractivity contribution in [3.8, 4) is 22.1 Å². The van der Waals surface area contributed by atoms with Gasteiger partial charge < -0.3 is 19.9 Å². The Kier molecular flexibility index (Phi) is 5.33. The van der Waals surface area contributed by atoms with Crippen molar-refractivity contribution in [1.82, 2.24) is 9.97 Å². The molecule has 2 heterocycles. The largest absolute Gasteiger partial charge is 0.493 e. The number of pyridine rings is 1. The molecule has 0 aliphatic rings. The van der Waals surface area contributed by atoms with Gasteiger partial charge in [-0.25, -0.2) is 14.8 Å². The lowest BCUT2D eigenvalue weighted by Gasteiger charge is -2.08. The van der Waals surface area contributed by atoms with E-state index in [1.165, 1.54) is 17.5 Å². The predicted molar refractivity (Wildman–Crippen MR) is 98.4 cm³/mol. The van der Waals surface area contributed by atoms with Crippen molar-refractivity contribution in [3.63, 3.8) is 0 Å². The number of nitrogens with zero attached hydrogens (tertiary/aromatic N) is 2. The van der Waals surface area contributed by atoms with Crippen LogP contribution in [0.15, 0.2) is 41.9 Å². The van der Waals surface area contributed by atoms with Gasteiger partial charge >= 0.3 is 5.97 Å². The van der Waals surface area contributed by atoms with E-state index in [1.54, 1.807) is 26.4 Å². The molecule has 1 aromatic carbocycles. The molecule has 0 radical (unpaired) electrons. The van der Waals surface area contributed by atoms with E-state index >= 15 is 0 Å². The molecule has 0 amide bonds. The fourth-order valence-corrected chi connectivity index (χ4v) is 3.08. The minimum Gasteiger partial charge on any atom is -0.493 e. The highest BCUT2D eigenvalue weighted by atomic mass is 32.1. The topological polar surface area (TPSA) is 96.6 Å². The summed E-state index contributed by atoms with van der Waals surface area (Å²) < 4.78 is 15.8. The maximum atomic E-state index is 12.1. The van der Waals surface area contributed by atoms with Crippen molar-refractivity contribution in [1.29, 1.82) is 0 Å². The average Bonchev–Trinajstić information content (AvgIpc) is 3.15. The van der Waals surface area contributed by atoms with Crippen molar-refractivity contribution in [3.05, 3.63) is 53.2 Å². The van der Waals surface area contributed by atoms with Crippen LogP contribution in [0.5, 0.6) is 11.5 Å². The number of hydrogen-bond acceptors (Lipinski definition) is 8. The second-order valence-corrected chi connectivity index (χ2v) is 6.08. The van der Waals surface area contributed by atoms with Crippen LogP contribution in [0.1, 0.15) is 16.1 Å². The van der Waals surface area contributed by atoms with Crippen molar-refractivity contribution in [2.45, 2.75) is 6.61 Å². The SMILES string of the molecule is COc1ccc(-c2nc(COC(=O)c3cccnc3N)cs2)cc1OC. The summed E-state index contributed by atoms with van der Waals surface area (Å²) in [6.45, 7) is 0.0525. The van der Waals surface area contributed by atoms with Crippen LogP contribution in [0.2, 0.25) is 0 Å². The fourth-order valence-electron chi connectivity index (χ4n) is 2.28. The van der Waals surface area contributed by atoms with Gasteiger partial charge in [-0.15, -0.1) is 11.3 Å². The summed E-state index contributed by atoms with van der Waals surface area (Å²) in [5.74, 6) is 0.884. The molecule has 3 rings (SSSR count). The monoisotopic (exact) mass is 371 g/mol. The first-order chi connectivity index (χ1) is 12.6. The Labute approximate surface area is 154 Å². The number of benzene rings is 1. The van der Waals surface area contributed by atoms with Crippen LogP contribution in [0.25, 0.3) is 10.6 Å². The molecule has 0 bridgehead atoms. The molecular weight excluding hydrogens is 354 g/mol. The summed E-state index contributed by atoms with van der Waals surface area (Å²) in [4.78, 5) is 20.4. The average molecular weight is 371 g/mol. The van der Waals surface area contributed by atoms with Crippen LogP contribution in [0.4, 0.5) is 5.82 Å². The van der Waals surface area contributed by atoms with E-state index in [9.17, 15) is 4.79 Å². The summed E-state index contributed by atoms with van der Waals surface area (Å²) in [5.41, 5.74) is 7.45. The summed E-state index contributed by atoms with van der Waals surface area (Å²) in [5, 5.41) is 2.63. The minimum absolute atomic E-state index is 0.0525. The van der Waals surface area contributed by atoms with Crippen LogP contribution < -0.4 is 15.2 Å². The number of nitrogen functional groups attached to an aromatic ring is 1. The lowest BCUT2D eigenvalue weighted by molar-refractivity contribution is 0.0469. The molecule has 8 heteroatoms. The van der Waals surface area contributed by atoms with Gasteiger partial charge in [0, 0.05) is 17.1 Å². The van der Waals surface area contributed by atoms with Crippen molar-refractivity contribution in [2.75, 3.05) is 20.0 Å². The molecule has 2 aromatic heterocycles. The molecule has 0 saturated carbocycles. The Morgan fingerprint density at radius 1 is 1.19 bits per heavy atom. The van der Waals surface area contributed by atoms with Gasteiger partial charge in [-0.05, 0) is 30.3 Å². The molecule has 2 N–H and O–H groups in total. The highest BCUT2D eigenvalue weighted by Gasteiger charge is 2.14. The van der Waals surface area contributed by atoms with E-state index in [2.05, 4.69) is 9.97 Å². The second-order valence-electron chi connectivity index (χ2n) is 5.23. The number of carbonyl (C=O) groups excluding carboxylic acids is 1. The van der Waals surface area contributed by atoms with Gasteiger partial charge in [0.15, 0.2) is 11.5 Å². The van der Waals surface area contributed by atoms with Gasteiger partial charge in [0.2, 0.25) is 0 Å². The highest BCUT2D eigenvalue weighted by molar-refractivity contribution is 7.13. The number of ether oxygens (including phenoxy) is 3. The molecule has 7 nitrogen and oxygen atoms in total.